The van der Waals surface area contributed by atoms with Crippen LogP contribution in [0.5, 0.6) is 5.75 Å². The van der Waals surface area contributed by atoms with Crippen LogP contribution in [-0.4, -0.2) is 19.8 Å². The molecule has 1 N–H and O–H groups in total. The molecule has 4 aromatic rings. The topological polar surface area (TPSA) is 72.8 Å². The van der Waals surface area contributed by atoms with Gasteiger partial charge in [0, 0.05) is 16.6 Å². The van der Waals surface area contributed by atoms with E-state index in [-0.39, 0.29) is 5.82 Å². The highest BCUT2D eigenvalue weighted by atomic mass is 32.1. The van der Waals surface area contributed by atoms with E-state index in [1.165, 1.54) is 35.0 Å². The number of benzene rings is 2. The van der Waals surface area contributed by atoms with Crippen molar-refractivity contribution in [2.24, 2.45) is 0 Å². The van der Waals surface area contributed by atoms with Crippen LogP contribution >= 0.6 is 22.9 Å². The summed E-state index contributed by atoms with van der Waals surface area (Å²) in [6.45, 7) is 0.320. The van der Waals surface area contributed by atoms with Crippen LogP contribution in [0.3, 0.4) is 0 Å². The van der Waals surface area contributed by atoms with Crippen molar-refractivity contribution in [1.29, 1.82) is 0 Å². The van der Waals surface area contributed by atoms with E-state index in [2.05, 4.69) is 25.1 Å². The second kappa shape index (κ2) is 7.54. The molecule has 2 aromatic carbocycles. The predicted octanol–water partition coefficient (Wildman–Crippen LogP) is 4.52. The summed E-state index contributed by atoms with van der Waals surface area (Å²) in [6.07, 6.45) is 0. The summed E-state index contributed by atoms with van der Waals surface area (Å²) in [6, 6.07) is 13.7. The molecule has 0 aliphatic heterocycles. The second-order valence-corrected chi connectivity index (χ2v) is 6.91. The van der Waals surface area contributed by atoms with Gasteiger partial charge in [-0.1, -0.05) is 15.8 Å². The van der Waals surface area contributed by atoms with Gasteiger partial charge in [-0.25, -0.2) is 4.39 Å². The molecule has 130 valence electrons. The number of hydrogen-bond acceptors (Lipinski definition) is 8. The van der Waals surface area contributed by atoms with E-state index >= 15 is 0 Å². The van der Waals surface area contributed by atoms with E-state index in [4.69, 9.17) is 4.74 Å². The molecule has 0 saturated heterocycles. The second-order valence-electron chi connectivity index (χ2n) is 5.24. The van der Waals surface area contributed by atoms with Gasteiger partial charge in [0.1, 0.15) is 23.9 Å². The van der Waals surface area contributed by atoms with Gasteiger partial charge in [-0.05, 0) is 60.1 Å². The van der Waals surface area contributed by atoms with Crippen molar-refractivity contribution in [2.45, 2.75) is 6.61 Å². The average Bonchev–Trinajstić information content (AvgIpc) is 3.35. The monoisotopic (exact) mass is 385 g/mol. The van der Waals surface area contributed by atoms with E-state index in [1.54, 1.807) is 12.1 Å². The minimum absolute atomic E-state index is 0.279. The number of rotatable bonds is 6. The highest BCUT2D eigenvalue weighted by Gasteiger charge is 2.06. The minimum Gasteiger partial charge on any atom is -0.486 e. The molecule has 0 unspecified atom stereocenters. The minimum atomic E-state index is -0.279. The number of halogens is 1. The van der Waals surface area contributed by atoms with Crippen molar-refractivity contribution in [3.63, 3.8) is 0 Å². The highest BCUT2D eigenvalue weighted by molar-refractivity contribution is 7.15. The fourth-order valence-corrected chi connectivity index (χ4v) is 3.32. The smallest absolute Gasteiger partial charge is 0.210 e. The quantitative estimate of drug-likeness (QED) is 0.526. The van der Waals surface area contributed by atoms with Crippen LogP contribution in [-0.2, 0) is 6.61 Å². The van der Waals surface area contributed by atoms with Crippen molar-refractivity contribution in [2.75, 3.05) is 5.32 Å². The van der Waals surface area contributed by atoms with E-state index in [0.29, 0.717) is 11.7 Å². The number of aromatic nitrogens is 4. The molecule has 0 atom stereocenters. The summed E-state index contributed by atoms with van der Waals surface area (Å²) >= 11 is 2.70. The maximum absolute atomic E-state index is 12.9. The molecule has 0 saturated carbocycles. The Balaban J connectivity index is 1.35. The maximum Gasteiger partial charge on any atom is 0.210 e. The number of anilines is 2. The Bertz CT molecular complexity index is 971. The lowest BCUT2D eigenvalue weighted by Crippen LogP contribution is -1.94. The normalized spacial score (nSPS) is 10.7. The molecule has 0 fully saturated rings. The number of ether oxygens (including phenoxy) is 1. The van der Waals surface area contributed by atoms with Crippen LogP contribution in [0.2, 0.25) is 0 Å². The molecule has 4 rings (SSSR count). The first-order chi connectivity index (χ1) is 12.8. The zero-order chi connectivity index (χ0) is 17.8. The summed E-state index contributed by atoms with van der Waals surface area (Å²) < 4.78 is 22.5. The van der Waals surface area contributed by atoms with Crippen molar-refractivity contribution in [1.82, 2.24) is 19.8 Å². The summed E-state index contributed by atoms with van der Waals surface area (Å²) in [7, 11) is 0. The van der Waals surface area contributed by atoms with Crippen molar-refractivity contribution >= 4 is 33.7 Å². The Morgan fingerprint density at radius 3 is 2.50 bits per heavy atom. The lowest BCUT2D eigenvalue weighted by atomic mass is 10.2. The van der Waals surface area contributed by atoms with Crippen molar-refractivity contribution < 1.29 is 9.13 Å². The summed E-state index contributed by atoms with van der Waals surface area (Å²) in [5.74, 6) is 0.458. The molecule has 0 bridgehead atoms. The fraction of sp³-hybridized carbons (Fsp3) is 0.0588. The van der Waals surface area contributed by atoms with Crippen LogP contribution in [0.1, 0.15) is 5.01 Å². The maximum atomic E-state index is 12.9. The van der Waals surface area contributed by atoms with E-state index < -0.39 is 0 Å². The zero-order valence-corrected chi connectivity index (χ0v) is 14.9. The molecule has 0 aliphatic carbocycles. The Morgan fingerprint density at radius 2 is 1.77 bits per heavy atom. The van der Waals surface area contributed by atoms with Gasteiger partial charge >= 0.3 is 0 Å². The average molecular weight is 385 g/mol. The lowest BCUT2D eigenvalue weighted by molar-refractivity contribution is 0.304. The molecule has 2 aromatic heterocycles. The summed E-state index contributed by atoms with van der Waals surface area (Å²) in [5.41, 5.74) is 2.59. The van der Waals surface area contributed by atoms with E-state index in [9.17, 15) is 4.39 Å². The number of hydrogen-bond donors (Lipinski definition) is 1. The summed E-state index contributed by atoms with van der Waals surface area (Å²) in [5, 5.41) is 18.5. The Hall–Kier alpha value is -2.91. The van der Waals surface area contributed by atoms with Gasteiger partial charge in [0.2, 0.25) is 5.13 Å². The Labute approximate surface area is 156 Å². The predicted molar refractivity (Wildman–Crippen MR) is 99.3 cm³/mol. The van der Waals surface area contributed by atoms with Gasteiger partial charge in [0.05, 0.1) is 0 Å². The largest absolute Gasteiger partial charge is 0.486 e. The molecule has 0 radical (unpaired) electrons. The van der Waals surface area contributed by atoms with Crippen molar-refractivity contribution in [3.8, 4) is 17.0 Å². The molecule has 0 amide bonds. The molecule has 0 spiro atoms. The molecular formula is C17H12FN5OS2. The zero-order valence-electron chi connectivity index (χ0n) is 13.3. The first-order valence-electron chi connectivity index (χ1n) is 7.61. The van der Waals surface area contributed by atoms with Crippen LogP contribution in [0, 0.1) is 5.82 Å². The third-order valence-corrected chi connectivity index (χ3v) is 4.75. The van der Waals surface area contributed by atoms with Crippen LogP contribution in [0.15, 0.2) is 53.9 Å². The summed E-state index contributed by atoms with van der Waals surface area (Å²) in [4.78, 5) is 0. The number of nitrogens with zero attached hydrogens (tertiary/aromatic N) is 4. The van der Waals surface area contributed by atoms with Gasteiger partial charge in [-0.15, -0.1) is 15.3 Å². The first kappa shape index (κ1) is 16.6. The molecule has 0 aliphatic rings. The third-order valence-electron chi connectivity index (χ3n) is 3.43. The Morgan fingerprint density at radius 1 is 0.962 bits per heavy atom. The van der Waals surface area contributed by atoms with Crippen LogP contribution in [0.4, 0.5) is 15.2 Å². The Kier molecular flexibility index (Phi) is 4.80. The molecule has 2 heterocycles. The highest BCUT2D eigenvalue weighted by Crippen LogP contribution is 2.24. The molecule has 9 heteroatoms. The van der Waals surface area contributed by atoms with Gasteiger partial charge < -0.3 is 10.1 Å². The van der Waals surface area contributed by atoms with Crippen molar-refractivity contribution in [3.05, 3.63) is 64.7 Å². The SMILES string of the molecule is Fc1ccc(Nc2nnc(COc3ccc(-c4csnn4)cc3)s2)cc1. The van der Waals surface area contributed by atoms with Gasteiger partial charge in [-0.2, -0.15) is 0 Å². The van der Waals surface area contributed by atoms with E-state index in [0.717, 1.165) is 27.7 Å². The lowest BCUT2D eigenvalue weighted by Gasteiger charge is -2.04. The third kappa shape index (κ3) is 4.01. The standard InChI is InChI=1S/C17H12FN5OS2/c18-12-3-5-13(6-4-12)19-17-22-21-16(26-17)9-24-14-7-1-11(2-8-14)15-10-25-23-20-15/h1-8,10H,9H2,(H,19,22). The first-order valence-corrected chi connectivity index (χ1v) is 9.27. The van der Waals surface area contributed by atoms with Crippen LogP contribution < -0.4 is 10.1 Å². The molecule has 26 heavy (non-hydrogen) atoms. The number of nitrogens with one attached hydrogen (secondary N) is 1. The molecular weight excluding hydrogens is 373 g/mol. The van der Waals surface area contributed by atoms with Gasteiger partial charge in [0.15, 0.2) is 5.01 Å². The van der Waals surface area contributed by atoms with Crippen LogP contribution in [0.25, 0.3) is 11.3 Å². The van der Waals surface area contributed by atoms with Gasteiger partial charge in [0.25, 0.3) is 0 Å². The fourth-order valence-electron chi connectivity index (χ4n) is 2.18. The van der Waals surface area contributed by atoms with Gasteiger partial charge in [-0.3, -0.25) is 0 Å². The van der Waals surface area contributed by atoms with E-state index in [1.807, 2.05) is 29.6 Å². The molecule has 6 nitrogen and oxygen atoms in total.